The van der Waals surface area contributed by atoms with Crippen molar-refractivity contribution in [1.29, 1.82) is 0 Å². The van der Waals surface area contributed by atoms with Crippen molar-refractivity contribution < 1.29 is 32.0 Å². The average Bonchev–Trinajstić information content (AvgIpc) is 2.88. The number of aromatic carboxylic acids is 1. The van der Waals surface area contributed by atoms with Crippen molar-refractivity contribution in [3.8, 4) is 16.9 Å². The van der Waals surface area contributed by atoms with Gasteiger partial charge in [0.05, 0.1) is 24.8 Å². The van der Waals surface area contributed by atoms with Gasteiger partial charge in [0.15, 0.2) is 0 Å². The van der Waals surface area contributed by atoms with Gasteiger partial charge in [0.2, 0.25) is 5.91 Å². The van der Waals surface area contributed by atoms with E-state index < -0.39 is 22.3 Å². The number of amides is 1. The second-order valence-electron chi connectivity index (χ2n) is 9.47. The predicted octanol–water partition coefficient (Wildman–Crippen LogP) is 3.02. The molecule has 0 radical (unpaired) electrons. The Kier molecular flexibility index (Phi) is 8.66. The van der Waals surface area contributed by atoms with Crippen LogP contribution in [0.4, 0.5) is 0 Å². The van der Waals surface area contributed by atoms with Gasteiger partial charge in [-0.05, 0) is 72.0 Å². The summed E-state index contributed by atoms with van der Waals surface area (Å²) < 4.78 is 32.9. The molecule has 0 aromatic heterocycles. The fraction of sp³-hybridized carbons (Fsp3) is 0.286. The van der Waals surface area contributed by atoms with Crippen molar-refractivity contribution in [2.24, 2.45) is 5.14 Å². The molecule has 4 rings (SSSR count). The maximum atomic E-state index is 13.2. The van der Waals surface area contributed by atoms with Gasteiger partial charge in [-0.2, -0.15) is 13.6 Å². The third kappa shape index (κ3) is 7.42. The van der Waals surface area contributed by atoms with Gasteiger partial charge in [-0.3, -0.25) is 9.69 Å². The number of morpholine rings is 1. The summed E-state index contributed by atoms with van der Waals surface area (Å²) in [4.78, 5) is 26.4. The van der Waals surface area contributed by atoms with Gasteiger partial charge in [0.25, 0.3) is 0 Å². The van der Waals surface area contributed by atoms with Crippen LogP contribution in [0.25, 0.3) is 11.1 Å². The first-order valence-electron chi connectivity index (χ1n) is 12.4. The number of nitrogens with one attached hydrogen (secondary N) is 1. The third-order valence-corrected chi connectivity index (χ3v) is 7.02. The van der Waals surface area contributed by atoms with Crippen LogP contribution >= 0.6 is 0 Å². The van der Waals surface area contributed by atoms with Gasteiger partial charge in [-0.1, -0.05) is 36.4 Å². The summed E-state index contributed by atoms with van der Waals surface area (Å²) in [6.07, 6.45) is 0. The Balaban J connectivity index is 1.46. The van der Waals surface area contributed by atoms with Crippen LogP contribution in [0.1, 0.15) is 40.0 Å². The molecule has 3 aromatic carbocycles. The fourth-order valence-corrected chi connectivity index (χ4v) is 4.97. The Morgan fingerprint density at radius 1 is 1.15 bits per heavy atom. The minimum absolute atomic E-state index is 0.143. The van der Waals surface area contributed by atoms with E-state index >= 15 is 0 Å². The summed E-state index contributed by atoms with van der Waals surface area (Å²) in [5, 5.41) is 17.1. The summed E-state index contributed by atoms with van der Waals surface area (Å²) in [6.45, 7) is 5.61. The summed E-state index contributed by atoms with van der Waals surface area (Å²) in [6, 6.07) is 18.5. The Bertz CT molecular complexity index is 1460. The monoisotopic (exact) mass is 553 g/mol. The van der Waals surface area contributed by atoms with E-state index in [0.29, 0.717) is 19.7 Å². The fourth-order valence-electron chi connectivity index (χ4n) is 4.59. The SMILES string of the molecule is Cc1cc(OS(N)(=O)=O)ccc1-c1cccc(CN2CCOC[C@@H]2C(=O)N[C@@H](C)c2ccc(C(=O)O)cc2)c1. The van der Waals surface area contributed by atoms with Gasteiger partial charge >= 0.3 is 16.3 Å². The van der Waals surface area contributed by atoms with Crippen LogP contribution in [0.15, 0.2) is 66.7 Å². The molecule has 11 heteroatoms. The lowest BCUT2D eigenvalue weighted by molar-refractivity contribution is -0.133. The molecule has 0 unspecified atom stereocenters. The van der Waals surface area contributed by atoms with Crippen molar-refractivity contribution in [1.82, 2.24) is 10.2 Å². The lowest BCUT2D eigenvalue weighted by atomic mass is 9.98. The van der Waals surface area contributed by atoms with Crippen molar-refractivity contribution in [3.63, 3.8) is 0 Å². The maximum absolute atomic E-state index is 13.2. The maximum Gasteiger partial charge on any atom is 0.380 e. The van der Waals surface area contributed by atoms with E-state index in [1.165, 1.54) is 12.1 Å². The first-order valence-corrected chi connectivity index (χ1v) is 13.8. The van der Waals surface area contributed by atoms with Crippen molar-refractivity contribution >= 4 is 22.2 Å². The molecule has 0 bridgehead atoms. The zero-order valence-corrected chi connectivity index (χ0v) is 22.5. The van der Waals surface area contributed by atoms with E-state index in [9.17, 15) is 18.0 Å². The molecular weight excluding hydrogens is 522 g/mol. The number of hydrogen-bond donors (Lipinski definition) is 3. The molecule has 3 aromatic rings. The molecule has 0 aliphatic carbocycles. The molecule has 2 atom stereocenters. The molecule has 206 valence electrons. The Morgan fingerprint density at radius 2 is 1.90 bits per heavy atom. The number of rotatable bonds is 9. The molecular formula is C28H31N3O7S. The molecule has 1 saturated heterocycles. The number of carbonyl (C=O) groups is 2. The molecule has 4 N–H and O–H groups in total. The second kappa shape index (κ2) is 12.0. The summed E-state index contributed by atoms with van der Waals surface area (Å²) >= 11 is 0. The summed E-state index contributed by atoms with van der Waals surface area (Å²) in [5.74, 6) is -1.02. The topological polar surface area (TPSA) is 148 Å². The standard InChI is InChI=1S/C28H31N3O7S/c1-18-14-24(38-39(29,35)36)10-11-25(18)23-5-3-4-20(15-23)16-31-12-13-37-17-26(31)27(32)30-19(2)21-6-8-22(9-7-21)28(33)34/h3-11,14-15,19,26H,12-13,16-17H2,1-2H3,(H,30,32)(H,33,34)(H2,29,35,36)/t19-,26+/m0/s1. The van der Waals surface area contributed by atoms with E-state index in [1.807, 2.05) is 38.1 Å². The predicted molar refractivity (Wildman–Crippen MR) is 145 cm³/mol. The number of benzene rings is 3. The van der Waals surface area contributed by atoms with Crippen molar-refractivity contribution in [3.05, 3.63) is 89.0 Å². The van der Waals surface area contributed by atoms with Gasteiger partial charge in [-0.15, -0.1) is 0 Å². The van der Waals surface area contributed by atoms with Gasteiger partial charge in [0, 0.05) is 13.1 Å². The van der Waals surface area contributed by atoms with Crippen LogP contribution < -0.4 is 14.6 Å². The van der Waals surface area contributed by atoms with E-state index in [-0.39, 0.29) is 29.9 Å². The van der Waals surface area contributed by atoms with Crippen LogP contribution in [0.3, 0.4) is 0 Å². The normalized spacial score (nSPS) is 16.8. The molecule has 0 saturated carbocycles. The molecule has 1 fully saturated rings. The molecule has 0 spiro atoms. The zero-order chi connectivity index (χ0) is 28.2. The van der Waals surface area contributed by atoms with Gasteiger partial charge in [0.1, 0.15) is 11.8 Å². The average molecular weight is 554 g/mol. The Labute approximate surface area is 227 Å². The van der Waals surface area contributed by atoms with E-state index in [1.54, 1.807) is 30.3 Å². The van der Waals surface area contributed by atoms with Gasteiger partial charge in [-0.25, -0.2) is 4.79 Å². The van der Waals surface area contributed by atoms with Crippen LogP contribution in [0.2, 0.25) is 0 Å². The highest BCUT2D eigenvalue weighted by molar-refractivity contribution is 7.84. The lowest BCUT2D eigenvalue weighted by Gasteiger charge is -2.35. The first kappa shape index (κ1) is 28.2. The highest BCUT2D eigenvalue weighted by Gasteiger charge is 2.30. The third-order valence-electron chi connectivity index (χ3n) is 6.59. The number of carboxylic acids is 1. The summed E-state index contributed by atoms with van der Waals surface area (Å²) in [5.41, 5.74) is 4.68. The number of carbonyl (C=O) groups excluding carboxylic acids is 1. The van der Waals surface area contributed by atoms with E-state index in [2.05, 4.69) is 10.2 Å². The number of nitrogens with two attached hydrogens (primary N) is 1. The Hall–Kier alpha value is -3.77. The molecule has 1 heterocycles. The number of carboxylic acid groups (broad SMARTS) is 1. The highest BCUT2D eigenvalue weighted by Crippen LogP contribution is 2.28. The second-order valence-corrected chi connectivity index (χ2v) is 10.6. The summed E-state index contributed by atoms with van der Waals surface area (Å²) in [7, 11) is -4.11. The van der Waals surface area contributed by atoms with Crippen LogP contribution in [0.5, 0.6) is 5.75 Å². The zero-order valence-electron chi connectivity index (χ0n) is 21.7. The van der Waals surface area contributed by atoms with Crippen LogP contribution in [-0.2, 0) is 26.4 Å². The lowest BCUT2D eigenvalue weighted by Crippen LogP contribution is -2.53. The molecule has 1 aliphatic heterocycles. The minimum atomic E-state index is -4.11. The molecule has 1 amide bonds. The quantitative estimate of drug-likeness (QED) is 0.366. The number of hydrogen-bond acceptors (Lipinski definition) is 7. The van der Waals surface area contributed by atoms with Crippen molar-refractivity contribution in [2.45, 2.75) is 32.5 Å². The van der Waals surface area contributed by atoms with Crippen LogP contribution in [0, 0.1) is 6.92 Å². The molecule has 1 aliphatic rings. The van der Waals surface area contributed by atoms with Gasteiger partial charge < -0.3 is 19.3 Å². The smallest absolute Gasteiger partial charge is 0.380 e. The molecule has 10 nitrogen and oxygen atoms in total. The molecule has 39 heavy (non-hydrogen) atoms. The van der Waals surface area contributed by atoms with Crippen LogP contribution in [-0.4, -0.2) is 56.1 Å². The minimum Gasteiger partial charge on any atom is -0.478 e. The van der Waals surface area contributed by atoms with Crippen molar-refractivity contribution in [2.75, 3.05) is 19.8 Å². The van der Waals surface area contributed by atoms with E-state index in [4.69, 9.17) is 19.2 Å². The number of nitrogens with zero attached hydrogens (tertiary/aromatic N) is 1. The van der Waals surface area contributed by atoms with E-state index in [0.717, 1.165) is 27.8 Å². The number of aryl methyl sites for hydroxylation is 1. The Morgan fingerprint density at radius 3 is 2.56 bits per heavy atom. The first-order chi connectivity index (χ1) is 18.5. The highest BCUT2D eigenvalue weighted by atomic mass is 32.2. The largest absolute Gasteiger partial charge is 0.478 e. The number of ether oxygens (including phenoxy) is 1.